The number of aromatic nitrogens is 3. The van der Waals surface area contributed by atoms with Crippen molar-refractivity contribution < 1.29 is 0 Å². The molecule has 0 unspecified atom stereocenters. The van der Waals surface area contributed by atoms with Gasteiger partial charge in [-0.3, -0.25) is 10.1 Å². The van der Waals surface area contributed by atoms with E-state index in [0.717, 1.165) is 20.4 Å². The van der Waals surface area contributed by atoms with Gasteiger partial charge in [-0.25, -0.2) is 0 Å². The Morgan fingerprint density at radius 3 is 2.73 bits per heavy atom. The van der Waals surface area contributed by atoms with Crippen LogP contribution in [0, 0.1) is 0 Å². The number of aromatic amines is 1. The Bertz CT molecular complexity index is 459. The van der Waals surface area contributed by atoms with Crippen molar-refractivity contribution in [3.05, 3.63) is 42.6 Å². The second kappa shape index (κ2) is 4.43. The zero-order valence-electron chi connectivity index (χ0n) is 7.81. The monoisotopic (exact) mass is 312 g/mol. The van der Waals surface area contributed by atoms with E-state index in [9.17, 15) is 0 Å². The molecule has 0 saturated heterocycles. The van der Waals surface area contributed by atoms with E-state index in [4.69, 9.17) is 5.73 Å². The van der Waals surface area contributed by atoms with Gasteiger partial charge in [-0.05, 0) is 28.7 Å². The molecule has 2 rings (SSSR count). The van der Waals surface area contributed by atoms with E-state index in [1.165, 1.54) is 0 Å². The van der Waals surface area contributed by atoms with Gasteiger partial charge < -0.3 is 5.73 Å². The van der Waals surface area contributed by atoms with E-state index in [2.05, 4.69) is 37.8 Å². The van der Waals surface area contributed by atoms with Gasteiger partial charge in [0.25, 0.3) is 0 Å². The Labute approximate surface area is 101 Å². The number of nitrogens with two attached hydrogens (primary N) is 1. The lowest BCUT2D eigenvalue weighted by Gasteiger charge is -1.99. The van der Waals surface area contributed by atoms with Crippen LogP contribution in [0.1, 0.15) is 5.69 Å². The Balaban J connectivity index is 2.33. The molecule has 0 aliphatic rings. The largest absolute Gasteiger partial charge is 0.404 e. The van der Waals surface area contributed by atoms with Gasteiger partial charge in [0.2, 0.25) is 0 Å². The van der Waals surface area contributed by atoms with Crippen molar-refractivity contribution in [2.45, 2.75) is 0 Å². The summed E-state index contributed by atoms with van der Waals surface area (Å²) in [7, 11) is 0. The molecular weight excluding hydrogens is 303 g/mol. The van der Waals surface area contributed by atoms with E-state index in [1.54, 1.807) is 12.4 Å². The van der Waals surface area contributed by atoms with E-state index in [-0.39, 0.29) is 0 Å². The van der Waals surface area contributed by atoms with Gasteiger partial charge in [0, 0.05) is 29.7 Å². The van der Waals surface area contributed by atoms with Crippen molar-refractivity contribution in [2.75, 3.05) is 0 Å². The third kappa shape index (κ3) is 2.17. The minimum absolute atomic E-state index is 0.880. The van der Waals surface area contributed by atoms with Crippen molar-refractivity contribution in [3.8, 4) is 11.1 Å². The maximum absolute atomic E-state index is 5.41. The van der Waals surface area contributed by atoms with Gasteiger partial charge in [-0.1, -0.05) is 6.07 Å². The molecule has 0 radical (unpaired) electrons. The smallest absolute Gasteiger partial charge is 0.0778 e. The second-order valence-electron chi connectivity index (χ2n) is 2.93. The van der Waals surface area contributed by atoms with E-state index >= 15 is 0 Å². The first-order valence-corrected chi connectivity index (χ1v) is 5.42. The fourth-order valence-electron chi connectivity index (χ4n) is 1.20. The molecule has 0 atom stereocenters. The molecule has 5 heteroatoms. The zero-order valence-corrected chi connectivity index (χ0v) is 9.97. The molecule has 0 amide bonds. The van der Waals surface area contributed by atoms with Crippen molar-refractivity contribution in [1.82, 2.24) is 15.2 Å². The first-order chi connectivity index (χ1) is 7.31. The highest BCUT2D eigenvalue weighted by molar-refractivity contribution is 14.1. The fraction of sp³-hybridized carbons (Fsp3) is 0. The number of H-pyrrole nitrogens is 1. The summed E-state index contributed by atoms with van der Waals surface area (Å²) < 4.78 is 0.936. The van der Waals surface area contributed by atoms with Gasteiger partial charge in [-0.2, -0.15) is 5.10 Å². The summed E-state index contributed by atoms with van der Waals surface area (Å²) in [6.45, 7) is 0. The molecule has 0 saturated carbocycles. The highest BCUT2D eigenvalue weighted by Gasteiger charge is 2.01. The molecule has 15 heavy (non-hydrogen) atoms. The number of pyridine rings is 1. The molecule has 0 aliphatic heterocycles. The van der Waals surface area contributed by atoms with Crippen molar-refractivity contribution in [1.29, 1.82) is 0 Å². The third-order valence-corrected chi connectivity index (χ3v) is 2.90. The van der Waals surface area contributed by atoms with Crippen LogP contribution in [0.5, 0.6) is 0 Å². The maximum Gasteiger partial charge on any atom is 0.0778 e. The average molecular weight is 312 g/mol. The number of rotatable bonds is 2. The van der Waals surface area contributed by atoms with Crippen LogP contribution in [0.4, 0.5) is 0 Å². The lowest BCUT2D eigenvalue weighted by molar-refractivity contribution is 1.09. The summed E-state index contributed by atoms with van der Waals surface area (Å²) >= 11 is 2.15. The molecule has 0 aliphatic carbocycles. The molecule has 3 N–H and O–H groups in total. The predicted molar refractivity (Wildman–Crippen MR) is 68.0 cm³/mol. The standard InChI is InChI=1S/C10H9IN4/c11-9(3-12)10-2-1-7(4-13-10)8-5-14-15-6-8/h1-6H,12H2,(H,14,15). The molecule has 0 fully saturated rings. The number of hydrogen-bond donors (Lipinski definition) is 2. The Kier molecular flexibility index (Phi) is 3.00. The average Bonchev–Trinajstić information content (AvgIpc) is 2.82. The Morgan fingerprint density at radius 1 is 1.33 bits per heavy atom. The van der Waals surface area contributed by atoms with Gasteiger partial charge in [0.15, 0.2) is 0 Å². The van der Waals surface area contributed by atoms with Crippen LogP contribution in [0.15, 0.2) is 36.9 Å². The zero-order chi connectivity index (χ0) is 10.7. The highest BCUT2D eigenvalue weighted by Crippen LogP contribution is 2.21. The summed E-state index contributed by atoms with van der Waals surface area (Å²) in [5, 5.41) is 6.65. The number of halogens is 1. The molecule has 0 spiro atoms. The molecule has 76 valence electrons. The summed E-state index contributed by atoms with van der Waals surface area (Å²) in [6.07, 6.45) is 6.95. The minimum Gasteiger partial charge on any atom is -0.404 e. The van der Waals surface area contributed by atoms with E-state index < -0.39 is 0 Å². The van der Waals surface area contributed by atoms with Crippen LogP contribution in [0.25, 0.3) is 14.7 Å². The molecule has 2 aromatic rings. The number of nitrogens with zero attached hydrogens (tertiary/aromatic N) is 2. The lowest BCUT2D eigenvalue weighted by Crippen LogP contribution is -1.87. The second-order valence-corrected chi connectivity index (χ2v) is 4.10. The van der Waals surface area contributed by atoms with Crippen LogP contribution >= 0.6 is 22.6 Å². The summed E-state index contributed by atoms with van der Waals surface area (Å²) in [5.74, 6) is 0. The van der Waals surface area contributed by atoms with Gasteiger partial charge >= 0.3 is 0 Å². The topological polar surface area (TPSA) is 67.6 Å². The lowest BCUT2D eigenvalue weighted by atomic mass is 10.1. The van der Waals surface area contributed by atoms with Gasteiger partial charge in [-0.15, -0.1) is 0 Å². The van der Waals surface area contributed by atoms with E-state index in [1.807, 2.05) is 24.5 Å². The molecule has 4 nitrogen and oxygen atoms in total. The first-order valence-electron chi connectivity index (χ1n) is 4.34. The normalized spacial score (nSPS) is 11.7. The summed E-state index contributed by atoms with van der Waals surface area (Å²) in [6, 6.07) is 3.93. The Hall–Kier alpha value is -1.37. The molecule has 0 bridgehead atoms. The Morgan fingerprint density at radius 2 is 2.20 bits per heavy atom. The van der Waals surface area contributed by atoms with Crippen LogP contribution in [-0.4, -0.2) is 15.2 Å². The van der Waals surface area contributed by atoms with E-state index in [0.29, 0.717) is 0 Å². The third-order valence-electron chi connectivity index (χ3n) is 1.99. The summed E-state index contributed by atoms with van der Waals surface area (Å²) in [5.41, 5.74) is 8.36. The summed E-state index contributed by atoms with van der Waals surface area (Å²) in [4.78, 5) is 4.31. The minimum atomic E-state index is 0.880. The SMILES string of the molecule is NC=C(I)c1ccc(-c2cn[nH]c2)cn1. The van der Waals surface area contributed by atoms with Crippen LogP contribution in [0.3, 0.4) is 0 Å². The molecule has 0 aromatic carbocycles. The van der Waals surface area contributed by atoms with Crippen LogP contribution in [0.2, 0.25) is 0 Å². The first kappa shape index (κ1) is 10.2. The predicted octanol–water partition coefficient (Wildman–Crippen LogP) is 2.16. The quantitative estimate of drug-likeness (QED) is 0.835. The van der Waals surface area contributed by atoms with Gasteiger partial charge in [0.1, 0.15) is 0 Å². The molecule has 2 heterocycles. The maximum atomic E-state index is 5.41. The highest BCUT2D eigenvalue weighted by atomic mass is 127. The van der Waals surface area contributed by atoms with Crippen LogP contribution in [-0.2, 0) is 0 Å². The number of hydrogen-bond acceptors (Lipinski definition) is 3. The fourth-order valence-corrected chi connectivity index (χ4v) is 1.52. The van der Waals surface area contributed by atoms with Gasteiger partial charge in [0.05, 0.1) is 15.5 Å². The van der Waals surface area contributed by atoms with Crippen molar-refractivity contribution in [2.24, 2.45) is 5.73 Å². The van der Waals surface area contributed by atoms with Crippen LogP contribution < -0.4 is 5.73 Å². The van der Waals surface area contributed by atoms with Crippen molar-refractivity contribution in [3.63, 3.8) is 0 Å². The number of nitrogens with one attached hydrogen (secondary N) is 1. The molecule has 2 aromatic heterocycles. The molecular formula is C10H9IN4. The van der Waals surface area contributed by atoms with Crippen molar-refractivity contribution >= 4 is 26.2 Å².